The Morgan fingerprint density at radius 2 is 1.24 bits per heavy atom. The van der Waals surface area contributed by atoms with Gasteiger partial charge in [-0.15, -0.1) is 0 Å². The molecule has 0 aromatic rings. The van der Waals surface area contributed by atoms with Gasteiger partial charge in [0.15, 0.2) is 0 Å². The summed E-state index contributed by atoms with van der Waals surface area (Å²) in [4.78, 5) is 0. The summed E-state index contributed by atoms with van der Waals surface area (Å²) in [7, 11) is 0. The van der Waals surface area contributed by atoms with E-state index in [1.54, 1.807) is 0 Å². The number of hydrogen-bond donors (Lipinski definition) is 1. The molecule has 0 heterocycles. The van der Waals surface area contributed by atoms with Gasteiger partial charge in [-0.05, 0) is 25.1 Å². The topological polar surface area (TPSA) is 21.3 Å². The van der Waals surface area contributed by atoms with Gasteiger partial charge in [-0.1, -0.05) is 78.1 Å². The molecule has 21 heavy (non-hydrogen) atoms. The summed E-state index contributed by atoms with van der Waals surface area (Å²) in [5.41, 5.74) is 0. The molecule has 0 unspecified atom stereocenters. The molecule has 0 aromatic carbocycles. The van der Waals surface area contributed by atoms with Crippen LogP contribution in [0.4, 0.5) is 0 Å². The molecule has 0 aliphatic carbocycles. The largest absolute Gasteiger partial charge is 0.471 e. The first-order valence-electron chi connectivity index (χ1n) is 8.71. The van der Waals surface area contributed by atoms with Gasteiger partial charge in [0.1, 0.15) is 0 Å². The van der Waals surface area contributed by atoms with E-state index < -0.39 is 0 Å². The van der Waals surface area contributed by atoms with Crippen LogP contribution in [0.25, 0.3) is 0 Å². The van der Waals surface area contributed by atoms with Gasteiger partial charge in [0.2, 0.25) is 0 Å². The molecular formula is C17H35CuNOS. The van der Waals surface area contributed by atoms with Crippen LogP contribution < -0.4 is 5.32 Å². The fourth-order valence-corrected chi connectivity index (χ4v) is 2.38. The third-order valence-electron chi connectivity index (χ3n) is 3.53. The predicted octanol–water partition coefficient (Wildman–Crippen LogP) is 5.60. The quantitative estimate of drug-likeness (QED) is 0.246. The molecule has 0 fully saturated rings. The van der Waals surface area contributed by atoms with Crippen molar-refractivity contribution >= 4 is 17.4 Å². The van der Waals surface area contributed by atoms with Crippen LogP contribution in [0.2, 0.25) is 0 Å². The monoisotopic (exact) mass is 364 g/mol. The number of nitrogens with one attached hydrogen (secondary N) is 1. The number of unbranched alkanes of at least 4 members (excludes halogenated alkanes) is 10. The van der Waals surface area contributed by atoms with Gasteiger partial charge >= 0.3 is 0 Å². The Hall–Kier alpha value is 0.209. The van der Waals surface area contributed by atoms with Crippen molar-refractivity contribution in [2.75, 3.05) is 13.2 Å². The van der Waals surface area contributed by atoms with Crippen LogP contribution in [0, 0.1) is 0 Å². The van der Waals surface area contributed by atoms with Crippen molar-refractivity contribution in [3.63, 3.8) is 0 Å². The van der Waals surface area contributed by atoms with Crippen molar-refractivity contribution < 1.29 is 21.8 Å². The average Bonchev–Trinajstić information content (AvgIpc) is 2.45. The number of ether oxygens (including phenoxy) is 1. The Balaban J connectivity index is 0. The van der Waals surface area contributed by atoms with Crippen molar-refractivity contribution in [2.24, 2.45) is 0 Å². The second-order valence-corrected chi connectivity index (χ2v) is 5.97. The molecule has 0 atom stereocenters. The predicted molar refractivity (Wildman–Crippen MR) is 93.3 cm³/mol. The zero-order chi connectivity index (χ0) is 14.9. The number of thiocarbonyl (C=S) groups is 1. The van der Waals surface area contributed by atoms with E-state index in [1.165, 1.54) is 70.6 Å². The van der Waals surface area contributed by atoms with Crippen LogP contribution in [0.1, 0.15) is 90.9 Å². The van der Waals surface area contributed by atoms with E-state index >= 15 is 0 Å². The van der Waals surface area contributed by atoms with E-state index in [9.17, 15) is 0 Å². The minimum atomic E-state index is 0. The first kappa shape index (κ1) is 23.5. The van der Waals surface area contributed by atoms with Crippen LogP contribution >= 0.6 is 12.2 Å². The van der Waals surface area contributed by atoms with Crippen LogP contribution in [0.5, 0.6) is 0 Å². The summed E-state index contributed by atoms with van der Waals surface area (Å²) in [6, 6.07) is 0. The molecule has 0 aromatic heterocycles. The van der Waals surface area contributed by atoms with E-state index in [1.807, 2.05) is 0 Å². The molecule has 1 radical (unpaired) electrons. The van der Waals surface area contributed by atoms with Gasteiger partial charge in [-0.3, -0.25) is 0 Å². The molecule has 0 amide bonds. The van der Waals surface area contributed by atoms with E-state index in [0.717, 1.165) is 19.6 Å². The Bertz CT molecular complexity index is 195. The summed E-state index contributed by atoms with van der Waals surface area (Å²) < 4.78 is 5.51. The second kappa shape index (κ2) is 20.2. The fourth-order valence-electron chi connectivity index (χ4n) is 2.19. The molecule has 0 aliphatic heterocycles. The molecule has 1 N–H and O–H groups in total. The standard InChI is InChI=1S/C17H35NOS.Cu/c1-3-5-7-9-11-13-15-18-17(20)19-16-14-12-10-8-6-4-2;/h3-16H2,1-2H3,(H,18,20);. The zero-order valence-corrected chi connectivity index (χ0v) is 15.8. The van der Waals surface area contributed by atoms with Gasteiger partial charge in [-0.2, -0.15) is 0 Å². The Labute approximate surface area is 148 Å². The minimum Gasteiger partial charge on any atom is -0.471 e. The minimum absolute atomic E-state index is 0. The molecular weight excluding hydrogens is 330 g/mol. The molecule has 0 rings (SSSR count). The van der Waals surface area contributed by atoms with E-state index in [0.29, 0.717) is 5.17 Å². The third-order valence-corrected chi connectivity index (χ3v) is 3.79. The van der Waals surface area contributed by atoms with Crippen LogP contribution in [-0.2, 0) is 21.8 Å². The van der Waals surface area contributed by atoms with Crippen molar-refractivity contribution in [2.45, 2.75) is 90.9 Å². The third kappa shape index (κ3) is 20.2. The molecule has 0 aliphatic rings. The van der Waals surface area contributed by atoms with E-state index in [2.05, 4.69) is 19.2 Å². The van der Waals surface area contributed by atoms with Crippen LogP contribution in [0.15, 0.2) is 0 Å². The van der Waals surface area contributed by atoms with Crippen molar-refractivity contribution in [1.29, 1.82) is 0 Å². The summed E-state index contributed by atoms with van der Waals surface area (Å²) in [5.74, 6) is 0. The zero-order valence-electron chi connectivity index (χ0n) is 14.0. The van der Waals surface area contributed by atoms with Crippen LogP contribution in [-0.4, -0.2) is 18.3 Å². The summed E-state index contributed by atoms with van der Waals surface area (Å²) >= 11 is 5.16. The van der Waals surface area contributed by atoms with Gasteiger partial charge in [-0.25, -0.2) is 0 Å². The maximum atomic E-state index is 5.51. The molecule has 0 saturated heterocycles. The van der Waals surface area contributed by atoms with Crippen molar-refractivity contribution in [3.05, 3.63) is 0 Å². The number of hydrogen-bond acceptors (Lipinski definition) is 2. The summed E-state index contributed by atoms with van der Waals surface area (Å²) in [6.07, 6.45) is 15.6. The Morgan fingerprint density at radius 1 is 0.762 bits per heavy atom. The summed E-state index contributed by atoms with van der Waals surface area (Å²) in [6.45, 7) is 6.23. The van der Waals surface area contributed by atoms with Gasteiger partial charge in [0, 0.05) is 23.6 Å². The van der Waals surface area contributed by atoms with Crippen molar-refractivity contribution in [3.8, 4) is 0 Å². The van der Waals surface area contributed by atoms with Gasteiger partial charge < -0.3 is 10.1 Å². The SMILES string of the molecule is CCCCCCCCNC(=S)OCCCCCCCC.[Cu]. The fraction of sp³-hybridized carbons (Fsp3) is 0.941. The average molecular weight is 365 g/mol. The molecule has 0 saturated carbocycles. The van der Waals surface area contributed by atoms with E-state index in [-0.39, 0.29) is 17.1 Å². The van der Waals surface area contributed by atoms with E-state index in [4.69, 9.17) is 17.0 Å². The van der Waals surface area contributed by atoms with Crippen molar-refractivity contribution in [1.82, 2.24) is 5.32 Å². The molecule has 0 bridgehead atoms. The summed E-state index contributed by atoms with van der Waals surface area (Å²) in [5, 5.41) is 3.78. The Kier molecular flexibility index (Phi) is 22.6. The first-order valence-corrected chi connectivity index (χ1v) is 9.12. The normalized spacial score (nSPS) is 10.0. The first-order chi connectivity index (χ1) is 9.81. The van der Waals surface area contributed by atoms with Gasteiger partial charge in [0.25, 0.3) is 5.17 Å². The maximum Gasteiger partial charge on any atom is 0.256 e. The molecule has 0 spiro atoms. The Morgan fingerprint density at radius 3 is 1.81 bits per heavy atom. The van der Waals surface area contributed by atoms with Crippen LogP contribution in [0.3, 0.4) is 0 Å². The molecule has 131 valence electrons. The molecule has 4 heteroatoms. The van der Waals surface area contributed by atoms with Gasteiger partial charge in [0.05, 0.1) is 6.61 Å². The smallest absolute Gasteiger partial charge is 0.256 e. The number of rotatable bonds is 14. The maximum absolute atomic E-state index is 5.51. The molecule has 2 nitrogen and oxygen atoms in total. The second-order valence-electron chi connectivity index (χ2n) is 5.60.